The third kappa shape index (κ3) is 5.40. The van der Waals surface area contributed by atoms with Gasteiger partial charge in [-0.1, -0.05) is 24.3 Å². The summed E-state index contributed by atoms with van der Waals surface area (Å²) in [7, 11) is -3.57. The summed E-state index contributed by atoms with van der Waals surface area (Å²) >= 11 is 0. The zero-order valence-corrected chi connectivity index (χ0v) is 15.0. The van der Waals surface area contributed by atoms with E-state index in [9.17, 15) is 18.0 Å². The second kappa shape index (κ2) is 8.26. The first kappa shape index (κ1) is 19.1. The quantitative estimate of drug-likeness (QED) is 0.516. The number of nitrogens with zero attached hydrogens (tertiary/aromatic N) is 1. The molecule has 1 aliphatic heterocycles. The molecule has 0 atom stereocenters. The lowest BCUT2D eigenvalue weighted by Crippen LogP contribution is -2.50. The van der Waals surface area contributed by atoms with Gasteiger partial charge in [-0.25, -0.2) is 13.1 Å². The fourth-order valence-electron chi connectivity index (χ4n) is 2.53. The first-order valence-corrected chi connectivity index (χ1v) is 9.54. The molecule has 1 aliphatic rings. The first-order valence-electron chi connectivity index (χ1n) is 8.06. The van der Waals surface area contributed by atoms with Gasteiger partial charge in [-0.2, -0.15) is 0 Å². The van der Waals surface area contributed by atoms with Gasteiger partial charge in [0.2, 0.25) is 21.8 Å². The molecule has 0 aliphatic carbocycles. The molecule has 0 aromatic heterocycles. The van der Waals surface area contributed by atoms with Crippen molar-refractivity contribution in [3.63, 3.8) is 0 Å². The number of rotatable bonds is 8. The second-order valence-electron chi connectivity index (χ2n) is 6.08. The number of nitrogens with one attached hydrogen (secondary N) is 2. The third-order valence-electron chi connectivity index (χ3n) is 3.99. The summed E-state index contributed by atoms with van der Waals surface area (Å²) in [6.07, 6.45) is 1.59. The van der Waals surface area contributed by atoms with Crippen molar-refractivity contribution in [1.29, 1.82) is 0 Å². The minimum Gasteiger partial charge on any atom is -0.355 e. The van der Waals surface area contributed by atoms with Crippen LogP contribution < -0.4 is 10.0 Å². The molecule has 7 nitrogen and oxygen atoms in total. The van der Waals surface area contributed by atoms with Gasteiger partial charge in [0.05, 0.1) is 4.90 Å². The van der Waals surface area contributed by atoms with Crippen LogP contribution in [-0.4, -0.2) is 51.3 Å². The highest BCUT2D eigenvalue weighted by molar-refractivity contribution is 7.89. The Kier molecular flexibility index (Phi) is 6.33. The molecule has 1 aromatic rings. The summed E-state index contributed by atoms with van der Waals surface area (Å²) in [5.41, 5.74) is 0.982. The largest absolute Gasteiger partial charge is 0.355 e. The Labute approximate surface area is 148 Å². The van der Waals surface area contributed by atoms with Crippen molar-refractivity contribution in [3.8, 4) is 0 Å². The molecule has 2 rings (SSSR count). The van der Waals surface area contributed by atoms with Crippen molar-refractivity contribution in [3.05, 3.63) is 42.5 Å². The highest BCUT2D eigenvalue weighted by Gasteiger charge is 2.30. The van der Waals surface area contributed by atoms with Crippen LogP contribution in [0.4, 0.5) is 0 Å². The molecule has 2 N–H and O–H groups in total. The van der Waals surface area contributed by atoms with Crippen molar-refractivity contribution >= 4 is 21.8 Å². The van der Waals surface area contributed by atoms with Crippen LogP contribution in [0.15, 0.2) is 41.8 Å². The van der Waals surface area contributed by atoms with Gasteiger partial charge in [0.25, 0.3) is 0 Å². The van der Waals surface area contributed by atoms with Crippen molar-refractivity contribution in [2.24, 2.45) is 5.92 Å². The van der Waals surface area contributed by atoms with Crippen LogP contribution in [0.3, 0.4) is 0 Å². The molecule has 0 unspecified atom stereocenters. The van der Waals surface area contributed by atoms with Gasteiger partial charge in [-0.15, -0.1) is 0 Å². The summed E-state index contributed by atoms with van der Waals surface area (Å²) in [6, 6.07) is 6.55. The number of sulfonamides is 1. The van der Waals surface area contributed by atoms with Crippen LogP contribution in [0.5, 0.6) is 0 Å². The predicted octanol–water partition coefficient (Wildman–Crippen LogP) is 0.424. The Hall–Kier alpha value is -2.19. The monoisotopic (exact) mass is 365 g/mol. The van der Waals surface area contributed by atoms with Gasteiger partial charge < -0.3 is 10.2 Å². The van der Waals surface area contributed by atoms with Gasteiger partial charge in [0, 0.05) is 38.5 Å². The number of carbonyl (C=O) groups is 2. The summed E-state index contributed by atoms with van der Waals surface area (Å²) < 4.78 is 26.6. The summed E-state index contributed by atoms with van der Waals surface area (Å²) in [6.45, 7) is 6.74. The van der Waals surface area contributed by atoms with E-state index in [0.29, 0.717) is 19.5 Å². The average Bonchev–Trinajstić information content (AvgIpc) is 2.54. The molecule has 8 heteroatoms. The van der Waals surface area contributed by atoms with E-state index in [-0.39, 0.29) is 35.7 Å². The lowest BCUT2D eigenvalue weighted by atomic mass is 9.96. The predicted molar refractivity (Wildman–Crippen MR) is 94.3 cm³/mol. The second-order valence-corrected chi connectivity index (χ2v) is 7.85. The fraction of sp³-hybridized carbons (Fsp3) is 0.412. The number of hydrogen-bond acceptors (Lipinski definition) is 4. The number of carbonyl (C=O) groups excluding carboxylic acids is 2. The molecule has 2 amide bonds. The molecule has 1 heterocycles. The number of likely N-dealkylation sites (tertiary alicyclic amines) is 1. The number of benzene rings is 1. The lowest BCUT2D eigenvalue weighted by Gasteiger charge is -2.38. The summed E-state index contributed by atoms with van der Waals surface area (Å²) in [4.78, 5) is 24.9. The smallest absolute Gasteiger partial charge is 0.245 e. The minimum absolute atomic E-state index is 0.119. The minimum atomic E-state index is -3.57. The average molecular weight is 365 g/mol. The van der Waals surface area contributed by atoms with Crippen molar-refractivity contribution in [2.45, 2.75) is 18.2 Å². The highest BCUT2D eigenvalue weighted by atomic mass is 32.2. The Morgan fingerprint density at radius 1 is 1.24 bits per heavy atom. The molecular weight excluding hydrogens is 342 g/mol. The molecule has 1 saturated heterocycles. The maximum Gasteiger partial charge on any atom is 0.245 e. The van der Waals surface area contributed by atoms with Gasteiger partial charge in [0.15, 0.2) is 0 Å². The van der Waals surface area contributed by atoms with Crippen LogP contribution in [0.1, 0.15) is 12.0 Å². The summed E-state index contributed by atoms with van der Waals surface area (Å²) in [5, 5.41) is 2.68. The van der Waals surface area contributed by atoms with Crippen molar-refractivity contribution in [1.82, 2.24) is 14.9 Å². The molecule has 0 bridgehead atoms. The molecule has 25 heavy (non-hydrogen) atoms. The Morgan fingerprint density at radius 3 is 2.48 bits per heavy atom. The zero-order chi connectivity index (χ0) is 18.4. The van der Waals surface area contributed by atoms with E-state index in [1.54, 1.807) is 29.2 Å². The van der Waals surface area contributed by atoms with Crippen LogP contribution in [0, 0.1) is 12.8 Å². The maximum atomic E-state index is 12.1. The number of aryl methyl sites for hydroxylation is 1. The Morgan fingerprint density at radius 2 is 1.88 bits per heavy atom. The molecule has 0 radical (unpaired) electrons. The van der Waals surface area contributed by atoms with Crippen LogP contribution >= 0.6 is 0 Å². The van der Waals surface area contributed by atoms with E-state index in [1.807, 2.05) is 6.92 Å². The molecule has 136 valence electrons. The van der Waals surface area contributed by atoms with Crippen molar-refractivity contribution < 1.29 is 18.0 Å². The van der Waals surface area contributed by atoms with Crippen LogP contribution in [0.25, 0.3) is 0 Å². The van der Waals surface area contributed by atoms with Gasteiger partial charge in [-0.3, -0.25) is 9.59 Å². The van der Waals surface area contributed by atoms with Crippen LogP contribution in [-0.2, 0) is 19.6 Å². The lowest BCUT2D eigenvalue weighted by molar-refractivity contribution is -0.134. The SMILES string of the molecule is C=CC(=O)N1CC(CC(=O)NCCNS(=O)(=O)c2ccc(C)cc2)C1. The van der Waals surface area contributed by atoms with Gasteiger partial charge >= 0.3 is 0 Å². The van der Waals surface area contributed by atoms with E-state index in [4.69, 9.17) is 0 Å². The summed E-state index contributed by atoms with van der Waals surface area (Å²) in [5.74, 6) is -0.124. The zero-order valence-electron chi connectivity index (χ0n) is 14.2. The Bertz CT molecular complexity index is 738. The van der Waals surface area contributed by atoms with E-state index in [0.717, 1.165) is 5.56 Å². The van der Waals surface area contributed by atoms with E-state index in [2.05, 4.69) is 16.6 Å². The Balaban J connectivity index is 1.66. The standard InChI is InChI=1S/C17H23N3O4S/c1-3-17(22)20-11-14(12-20)10-16(21)18-8-9-19-25(23,24)15-6-4-13(2)5-7-15/h3-7,14,19H,1,8-12H2,2H3,(H,18,21). The molecule has 1 fully saturated rings. The van der Waals surface area contributed by atoms with Gasteiger partial charge in [-0.05, 0) is 25.1 Å². The highest BCUT2D eigenvalue weighted by Crippen LogP contribution is 2.19. The first-order chi connectivity index (χ1) is 11.8. The topological polar surface area (TPSA) is 95.6 Å². The van der Waals surface area contributed by atoms with E-state index in [1.165, 1.54) is 6.08 Å². The number of amides is 2. The molecule has 0 saturated carbocycles. The normalized spacial score (nSPS) is 14.7. The fourth-order valence-corrected chi connectivity index (χ4v) is 3.56. The third-order valence-corrected chi connectivity index (χ3v) is 5.47. The molecule has 0 spiro atoms. The maximum absolute atomic E-state index is 12.1. The van der Waals surface area contributed by atoms with Gasteiger partial charge in [0.1, 0.15) is 0 Å². The molecule has 1 aromatic carbocycles. The molecular formula is C17H23N3O4S. The van der Waals surface area contributed by atoms with Crippen molar-refractivity contribution in [2.75, 3.05) is 26.2 Å². The van der Waals surface area contributed by atoms with Crippen LogP contribution in [0.2, 0.25) is 0 Å². The van der Waals surface area contributed by atoms with E-state index < -0.39 is 10.0 Å². The van der Waals surface area contributed by atoms with E-state index >= 15 is 0 Å². The number of hydrogen-bond donors (Lipinski definition) is 2.